The van der Waals surface area contributed by atoms with Gasteiger partial charge >= 0.3 is 0 Å². The first-order valence-corrected chi connectivity index (χ1v) is 13.8. The maximum absolute atomic E-state index is 13.4. The number of carbonyl (C=O) groups is 1. The largest absolute Gasteiger partial charge is 0.352 e. The third-order valence-corrected chi connectivity index (χ3v) is 7.48. The van der Waals surface area contributed by atoms with Crippen LogP contribution in [0.5, 0.6) is 0 Å². The number of hydrogen-bond acceptors (Lipinski definition) is 5. The molecule has 0 atom stereocenters. The van der Waals surface area contributed by atoms with Crippen molar-refractivity contribution in [1.29, 1.82) is 0 Å². The molecule has 196 valence electrons. The smallest absolute Gasteiger partial charge is 0.251 e. The molecule has 1 amide bonds. The number of amides is 1. The van der Waals surface area contributed by atoms with Gasteiger partial charge in [-0.15, -0.1) is 0 Å². The summed E-state index contributed by atoms with van der Waals surface area (Å²) in [4.78, 5) is 12.8. The lowest BCUT2D eigenvalue weighted by molar-refractivity contribution is 0.0953. The molecule has 10 heteroatoms. The summed E-state index contributed by atoms with van der Waals surface area (Å²) in [6.45, 7) is 4.35. The van der Waals surface area contributed by atoms with Gasteiger partial charge in [0.25, 0.3) is 5.91 Å². The quantitative estimate of drug-likeness (QED) is 0.249. The Kier molecular flexibility index (Phi) is 8.38. The molecule has 2 aromatic carbocycles. The van der Waals surface area contributed by atoms with Gasteiger partial charge in [0.1, 0.15) is 5.82 Å². The highest BCUT2D eigenvalue weighted by Crippen LogP contribution is 2.22. The first kappa shape index (κ1) is 26.8. The van der Waals surface area contributed by atoms with Crippen molar-refractivity contribution >= 4 is 15.7 Å². The normalized spacial score (nSPS) is 11.3. The van der Waals surface area contributed by atoms with Crippen LogP contribution < -0.4 is 5.32 Å². The highest BCUT2D eigenvalue weighted by molar-refractivity contribution is 7.90. The van der Waals surface area contributed by atoms with Crippen LogP contribution in [0, 0.1) is 17.7 Å². The van der Waals surface area contributed by atoms with E-state index in [2.05, 4.69) is 32.5 Å². The van der Waals surface area contributed by atoms with Crippen LogP contribution in [0.25, 0.3) is 0 Å². The molecule has 8 nitrogen and oxygen atoms in total. The Morgan fingerprint density at radius 2 is 1.92 bits per heavy atom. The van der Waals surface area contributed by atoms with E-state index in [1.54, 1.807) is 29.3 Å². The molecule has 0 radical (unpaired) electrons. The van der Waals surface area contributed by atoms with E-state index in [1.165, 1.54) is 42.5 Å². The fourth-order valence-electron chi connectivity index (χ4n) is 3.74. The first-order valence-electron chi connectivity index (χ1n) is 12.2. The van der Waals surface area contributed by atoms with E-state index in [9.17, 15) is 17.6 Å². The number of rotatable bonds is 9. The molecular weight excluding hydrogens is 505 g/mol. The molecule has 0 aliphatic rings. The summed E-state index contributed by atoms with van der Waals surface area (Å²) in [6.07, 6.45) is 6.76. The standard InChI is InChI=1S/C28H28FN5O3S/c1-20(2)34-15-13-26(33-34)19-38(36,37)27-12-9-24(28(35)30-14-3-4-22-17-31-32-18-22)16-23(27)8-5-21-6-10-25(29)11-7-21/h6-7,9-13,15-18,20H,3-4,14,19H2,1-2H3,(H,30,35)(H,31,32). The Bertz CT molecular complexity index is 1560. The number of sulfone groups is 1. The van der Waals surface area contributed by atoms with Crippen molar-refractivity contribution in [2.24, 2.45) is 0 Å². The number of benzene rings is 2. The molecule has 0 saturated heterocycles. The number of halogens is 1. The topological polar surface area (TPSA) is 110 Å². The van der Waals surface area contributed by atoms with Crippen LogP contribution in [0.15, 0.2) is 72.0 Å². The molecule has 2 N–H and O–H groups in total. The molecule has 0 aliphatic carbocycles. The summed E-state index contributed by atoms with van der Waals surface area (Å²) in [7, 11) is -3.83. The zero-order valence-corrected chi connectivity index (χ0v) is 21.9. The van der Waals surface area contributed by atoms with Gasteiger partial charge in [-0.3, -0.25) is 14.6 Å². The molecule has 4 aromatic rings. The number of H-pyrrole nitrogens is 1. The molecule has 0 fully saturated rings. The van der Waals surface area contributed by atoms with Gasteiger partial charge in [0.05, 0.1) is 22.5 Å². The van der Waals surface area contributed by atoms with Gasteiger partial charge in [0, 0.05) is 41.7 Å². The Morgan fingerprint density at radius 3 is 2.61 bits per heavy atom. The lowest BCUT2D eigenvalue weighted by atomic mass is 10.1. The van der Waals surface area contributed by atoms with E-state index in [1.807, 2.05) is 13.8 Å². The van der Waals surface area contributed by atoms with E-state index in [0.717, 1.165) is 18.4 Å². The fourth-order valence-corrected chi connectivity index (χ4v) is 5.16. The highest BCUT2D eigenvalue weighted by atomic mass is 32.2. The van der Waals surface area contributed by atoms with Crippen LogP contribution in [-0.2, 0) is 22.0 Å². The maximum atomic E-state index is 13.4. The average molecular weight is 534 g/mol. The van der Waals surface area contributed by atoms with Gasteiger partial charge < -0.3 is 5.32 Å². The molecule has 0 spiro atoms. The van der Waals surface area contributed by atoms with Crippen LogP contribution >= 0.6 is 0 Å². The van der Waals surface area contributed by atoms with Crippen molar-refractivity contribution < 1.29 is 17.6 Å². The maximum Gasteiger partial charge on any atom is 0.251 e. The number of nitrogens with zero attached hydrogens (tertiary/aromatic N) is 3. The van der Waals surface area contributed by atoms with Crippen molar-refractivity contribution in [3.05, 3.63) is 101 Å². The molecule has 4 rings (SSSR count). The minimum atomic E-state index is -3.83. The number of hydrogen-bond donors (Lipinski definition) is 2. The van der Waals surface area contributed by atoms with Crippen molar-refractivity contribution in [2.75, 3.05) is 6.54 Å². The third kappa shape index (κ3) is 6.95. The second-order valence-corrected chi connectivity index (χ2v) is 11.0. The van der Waals surface area contributed by atoms with Crippen molar-refractivity contribution in [3.63, 3.8) is 0 Å². The molecule has 38 heavy (non-hydrogen) atoms. The Morgan fingerprint density at radius 1 is 1.13 bits per heavy atom. The summed E-state index contributed by atoms with van der Waals surface area (Å²) in [6, 6.07) is 11.7. The second-order valence-electron chi connectivity index (χ2n) is 9.07. The van der Waals surface area contributed by atoms with E-state index in [-0.39, 0.29) is 28.2 Å². The predicted octanol–water partition coefficient (Wildman–Crippen LogP) is 4.06. The summed E-state index contributed by atoms with van der Waals surface area (Å²) in [5.41, 5.74) is 2.45. The zero-order chi connectivity index (χ0) is 27.1. The second kappa shape index (κ2) is 11.9. The summed E-state index contributed by atoms with van der Waals surface area (Å²) >= 11 is 0. The SMILES string of the molecule is CC(C)n1ccc(CS(=O)(=O)c2ccc(C(=O)NCCCc3cn[nH]c3)cc2C#Cc2ccc(F)cc2)n1. The third-order valence-electron chi connectivity index (χ3n) is 5.78. The minimum absolute atomic E-state index is 0.00252. The van der Waals surface area contributed by atoms with Crippen LogP contribution in [0.4, 0.5) is 4.39 Å². The van der Waals surface area contributed by atoms with Crippen molar-refractivity contribution in [2.45, 2.75) is 43.4 Å². The number of aryl methyl sites for hydroxylation is 1. The minimum Gasteiger partial charge on any atom is -0.352 e. The van der Waals surface area contributed by atoms with E-state index in [4.69, 9.17) is 0 Å². The number of nitrogens with one attached hydrogen (secondary N) is 2. The van der Waals surface area contributed by atoms with Crippen LogP contribution in [-0.4, -0.2) is 40.8 Å². The van der Waals surface area contributed by atoms with E-state index >= 15 is 0 Å². The fraction of sp³-hybridized carbons (Fsp3) is 0.250. The number of aromatic amines is 1. The molecular formula is C28H28FN5O3S. The zero-order valence-electron chi connectivity index (χ0n) is 21.1. The van der Waals surface area contributed by atoms with Gasteiger partial charge in [0.2, 0.25) is 0 Å². The molecule has 0 unspecified atom stereocenters. The van der Waals surface area contributed by atoms with Gasteiger partial charge in [-0.1, -0.05) is 11.8 Å². The summed E-state index contributed by atoms with van der Waals surface area (Å²) in [5.74, 6) is 4.72. The monoisotopic (exact) mass is 533 g/mol. The van der Waals surface area contributed by atoms with Crippen molar-refractivity contribution in [3.8, 4) is 11.8 Å². The van der Waals surface area contributed by atoms with E-state index in [0.29, 0.717) is 23.4 Å². The lowest BCUT2D eigenvalue weighted by Crippen LogP contribution is -2.25. The lowest BCUT2D eigenvalue weighted by Gasteiger charge is -2.10. The van der Waals surface area contributed by atoms with Gasteiger partial charge in [-0.2, -0.15) is 10.2 Å². The van der Waals surface area contributed by atoms with E-state index < -0.39 is 15.7 Å². The van der Waals surface area contributed by atoms with Gasteiger partial charge in [-0.25, -0.2) is 12.8 Å². The Balaban J connectivity index is 1.58. The number of aromatic nitrogens is 4. The van der Waals surface area contributed by atoms with Gasteiger partial charge in [-0.05, 0) is 80.8 Å². The Labute approximate surface area is 221 Å². The molecule has 2 heterocycles. The molecule has 2 aromatic heterocycles. The van der Waals surface area contributed by atoms with Gasteiger partial charge in [0.15, 0.2) is 9.84 Å². The first-order chi connectivity index (χ1) is 18.2. The van der Waals surface area contributed by atoms with Crippen LogP contribution in [0.2, 0.25) is 0 Å². The highest BCUT2D eigenvalue weighted by Gasteiger charge is 2.22. The molecule has 0 aliphatic heterocycles. The predicted molar refractivity (Wildman–Crippen MR) is 142 cm³/mol. The van der Waals surface area contributed by atoms with Crippen LogP contribution in [0.1, 0.15) is 59.1 Å². The average Bonchev–Trinajstić information content (AvgIpc) is 3.58. The molecule has 0 bridgehead atoms. The van der Waals surface area contributed by atoms with Crippen LogP contribution in [0.3, 0.4) is 0 Å². The summed E-state index contributed by atoms with van der Waals surface area (Å²) in [5, 5.41) is 13.9. The number of carbonyl (C=O) groups excluding carboxylic acids is 1. The van der Waals surface area contributed by atoms with Crippen molar-refractivity contribution in [1.82, 2.24) is 25.3 Å². The Hall–Kier alpha value is -4.23. The molecule has 0 saturated carbocycles. The summed E-state index contributed by atoms with van der Waals surface area (Å²) < 4.78 is 41.8.